The fraction of sp³-hybridized carbons (Fsp3) is 0.571. The second-order valence-corrected chi connectivity index (χ2v) is 8.12. The maximum absolute atomic E-state index is 11.9. The maximum atomic E-state index is 11.9. The summed E-state index contributed by atoms with van der Waals surface area (Å²) in [6.45, 7) is 8.81. The van der Waals surface area contributed by atoms with E-state index in [0.29, 0.717) is 18.9 Å². The van der Waals surface area contributed by atoms with Crippen molar-refractivity contribution in [2.75, 3.05) is 18.5 Å². The molecule has 7 heteroatoms. The van der Waals surface area contributed by atoms with Gasteiger partial charge in [0.15, 0.2) is 0 Å². The molecule has 154 valence electrons. The van der Waals surface area contributed by atoms with E-state index in [1.165, 1.54) is 13.8 Å². The van der Waals surface area contributed by atoms with Gasteiger partial charge in [0.05, 0.1) is 13.2 Å². The monoisotopic (exact) mass is 391 g/mol. The maximum Gasteiger partial charge on any atom is 0.412 e. The molecule has 0 saturated heterocycles. The average molecular weight is 391 g/mol. The Morgan fingerprint density at radius 3 is 2.11 bits per heavy atom. The number of hydrogen-bond donors (Lipinski definition) is 1. The van der Waals surface area contributed by atoms with Crippen molar-refractivity contribution in [3.8, 4) is 0 Å². The van der Waals surface area contributed by atoms with Gasteiger partial charge >= 0.3 is 18.0 Å². The Labute approximate surface area is 165 Å². The number of rotatable bonds is 6. The Bertz CT molecular complexity index is 707. The van der Waals surface area contributed by atoms with Crippen LogP contribution in [0.25, 0.3) is 0 Å². The fourth-order valence-electron chi connectivity index (χ4n) is 3.31. The van der Waals surface area contributed by atoms with Crippen molar-refractivity contribution in [1.82, 2.24) is 0 Å². The first-order chi connectivity index (χ1) is 13.0. The zero-order valence-electron chi connectivity index (χ0n) is 17.1. The summed E-state index contributed by atoms with van der Waals surface area (Å²) in [5, 5.41) is 2.71. The second-order valence-electron chi connectivity index (χ2n) is 8.12. The van der Waals surface area contributed by atoms with Gasteiger partial charge in [0.1, 0.15) is 5.60 Å². The minimum absolute atomic E-state index is 0.0907. The van der Waals surface area contributed by atoms with Crippen LogP contribution in [0.3, 0.4) is 0 Å². The second kappa shape index (κ2) is 9.08. The number of anilines is 1. The van der Waals surface area contributed by atoms with E-state index in [9.17, 15) is 14.4 Å². The van der Waals surface area contributed by atoms with Gasteiger partial charge in [-0.15, -0.1) is 0 Å². The first-order valence-corrected chi connectivity index (χ1v) is 9.42. The van der Waals surface area contributed by atoms with Gasteiger partial charge in [0.25, 0.3) is 0 Å². The van der Waals surface area contributed by atoms with Crippen molar-refractivity contribution in [2.45, 2.75) is 52.6 Å². The molecule has 2 rings (SSSR count). The molecule has 0 bridgehead atoms. The number of hydrogen-bond acceptors (Lipinski definition) is 6. The van der Waals surface area contributed by atoms with Crippen LogP contribution in [0.4, 0.5) is 10.5 Å². The van der Waals surface area contributed by atoms with Gasteiger partial charge < -0.3 is 14.2 Å². The molecule has 1 saturated carbocycles. The van der Waals surface area contributed by atoms with Gasteiger partial charge in [0.2, 0.25) is 0 Å². The zero-order valence-corrected chi connectivity index (χ0v) is 17.1. The number of carbonyl (C=O) groups is 3. The van der Waals surface area contributed by atoms with Crippen LogP contribution >= 0.6 is 0 Å². The largest absolute Gasteiger partial charge is 0.466 e. The molecule has 1 aliphatic rings. The van der Waals surface area contributed by atoms with Crippen molar-refractivity contribution in [3.63, 3.8) is 0 Å². The van der Waals surface area contributed by atoms with E-state index in [1.807, 2.05) is 45.0 Å². The smallest absolute Gasteiger partial charge is 0.412 e. The highest BCUT2D eigenvalue weighted by Crippen LogP contribution is 2.47. The topological polar surface area (TPSA) is 90.9 Å². The normalized spacial score (nSPS) is 21.2. The van der Waals surface area contributed by atoms with Crippen LogP contribution in [0.2, 0.25) is 0 Å². The van der Waals surface area contributed by atoms with Crippen molar-refractivity contribution in [1.29, 1.82) is 0 Å². The molecular formula is C21H29NO6. The molecule has 0 aromatic heterocycles. The number of ether oxygens (including phenoxy) is 3. The summed E-state index contributed by atoms with van der Waals surface area (Å²) in [4.78, 5) is 34.1. The van der Waals surface area contributed by atoms with Gasteiger partial charge in [-0.2, -0.15) is 0 Å². The molecule has 1 N–H and O–H groups in total. The van der Waals surface area contributed by atoms with E-state index in [4.69, 9.17) is 14.2 Å². The van der Waals surface area contributed by atoms with Gasteiger partial charge in [-0.3, -0.25) is 14.9 Å². The van der Waals surface area contributed by atoms with Crippen molar-refractivity contribution in [3.05, 3.63) is 29.8 Å². The summed E-state index contributed by atoms with van der Waals surface area (Å²) in [5.41, 5.74) is 1.17. The van der Waals surface area contributed by atoms with Crippen molar-refractivity contribution >= 4 is 23.7 Å². The Hall–Kier alpha value is -2.57. The summed E-state index contributed by atoms with van der Waals surface area (Å²) >= 11 is 0. The number of carbonyl (C=O) groups excluding carboxylic acids is 3. The van der Waals surface area contributed by atoms with Crippen LogP contribution < -0.4 is 5.32 Å². The molecule has 28 heavy (non-hydrogen) atoms. The Balaban J connectivity index is 1.99. The Kier molecular flexibility index (Phi) is 7.05. The summed E-state index contributed by atoms with van der Waals surface area (Å²) in [7, 11) is 0. The van der Waals surface area contributed by atoms with Crippen LogP contribution in [-0.2, 0) is 23.8 Å². The van der Waals surface area contributed by atoms with Gasteiger partial charge in [-0.1, -0.05) is 12.1 Å². The Morgan fingerprint density at radius 1 is 1.00 bits per heavy atom. The van der Waals surface area contributed by atoms with E-state index < -0.39 is 11.7 Å². The summed E-state index contributed by atoms with van der Waals surface area (Å²) in [6.07, 6.45) is 0.344. The van der Waals surface area contributed by atoms with E-state index in [2.05, 4.69) is 5.32 Å². The third kappa shape index (κ3) is 6.55. The lowest BCUT2D eigenvalue weighted by molar-refractivity contribution is -0.151. The van der Waals surface area contributed by atoms with Crippen molar-refractivity contribution in [2.24, 2.45) is 11.8 Å². The molecule has 1 aliphatic carbocycles. The third-order valence-electron chi connectivity index (χ3n) is 4.64. The summed E-state index contributed by atoms with van der Waals surface area (Å²) in [5.74, 6) is -0.183. The standard InChI is InChI=1S/C21H29NO6/c1-13(23)26-11-16-10-18(19(16)12-27-14(2)24)15-6-8-17(9-7-15)22-20(25)28-21(3,4)5/h6-9,16,18-19H,10-12H2,1-5H3,(H,22,25)/t16-,18-,19+/m1/s1. The first kappa shape index (κ1) is 21.7. The molecular weight excluding hydrogens is 362 g/mol. The molecule has 7 nitrogen and oxygen atoms in total. The highest BCUT2D eigenvalue weighted by molar-refractivity contribution is 5.84. The first-order valence-electron chi connectivity index (χ1n) is 9.42. The molecule has 0 heterocycles. The summed E-state index contributed by atoms with van der Waals surface area (Å²) in [6, 6.07) is 7.53. The molecule has 1 aromatic carbocycles. The number of nitrogens with one attached hydrogen (secondary N) is 1. The average Bonchev–Trinajstić information content (AvgIpc) is 2.53. The van der Waals surface area contributed by atoms with Crippen LogP contribution in [0.1, 0.15) is 52.5 Å². The van der Waals surface area contributed by atoms with Crippen LogP contribution in [0, 0.1) is 11.8 Å². The van der Waals surface area contributed by atoms with Crippen molar-refractivity contribution < 1.29 is 28.6 Å². The van der Waals surface area contributed by atoms with E-state index >= 15 is 0 Å². The molecule has 0 aliphatic heterocycles. The highest BCUT2D eigenvalue weighted by Gasteiger charge is 2.42. The van der Waals surface area contributed by atoms with Gasteiger partial charge in [-0.25, -0.2) is 4.79 Å². The summed E-state index contributed by atoms with van der Waals surface area (Å²) < 4.78 is 15.6. The SMILES string of the molecule is CC(=O)OC[C@H]1C[C@H](c2ccc(NC(=O)OC(C)(C)C)cc2)[C@H]1COC(C)=O. The van der Waals surface area contributed by atoms with E-state index in [-0.39, 0.29) is 29.7 Å². The quantitative estimate of drug-likeness (QED) is 0.584. The molecule has 3 atom stereocenters. The predicted molar refractivity (Wildman–Crippen MR) is 104 cm³/mol. The molecule has 1 fully saturated rings. The fourth-order valence-corrected chi connectivity index (χ4v) is 3.31. The number of amides is 1. The van der Waals surface area contributed by atoms with E-state index in [1.54, 1.807) is 0 Å². The minimum atomic E-state index is -0.559. The lowest BCUT2D eigenvalue weighted by Gasteiger charge is -2.44. The molecule has 1 aromatic rings. The lowest BCUT2D eigenvalue weighted by Crippen LogP contribution is -2.41. The molecule has 0 unspecified atom stereocenters. The molecule has 0 radical (unpaired) electrons. The van der Waals surface area contributed by atoms with Crippen LogP contribution in [-0.4, -0.2) is 36.8 Å². The highest BCUT2D eigenvalue weighted by atomic mass is 16.6. The van der Waals surface area contributed by atoms with Gasteiger partial charge in [0, 0.05) is 31.4 Å². The number of benzene rings is 1. The number of esters is 2. The minimum Gasteiger partial charge on any atom is -0.466 e. The lowest BCUT2D eigenvalue weighted by atomic mass is 9.62. The van der Waals surface area contributed by atoms with Crippen LogP contribution in [0.5, 0.6) is 0 Å². The third-order valence-corrected chi connectivity index (χ3v) is 4.64. The van der Waals surface area contributed by atoms with E-state index in [0.717, 1.165) is 12.0 Å². The zero-order chi connectivity index (χ0) is 20.9. The van der Waals surface area contributed by atoms with Crippen LogP contribution in [0.15, 0.2) is 24.3 Å². The molecule has 0 spiro atoms. The Morgan fingerprint density at radius 2 is 1.57 bits per heavy atom. The molecule has 1 amide bonds. The predicted octanol–water partition coefficient (Wildman–Crippen LogP) is 3.88. The van der Waals surface area contributed by atoms with Gasteiger partial charge in [-0.05, 0) is 50.8 Å².